The van der Waals surface area contributed by atoms with Gasteiger partial charge in [-0.3, -0.25) is 9.59 Å². The van der Waals surface area contributed by atoms with Crippen molar-refractivity contribution in [1.82, 2.24) is 0 Å². The van der Waals surface area contributed by atoms with Gasteiger partial charge < -0.3 is 14.2 Å². The second-order valence-corrected chi connectivity index (χ2v) is 5.01. The molecule has 0 amide bonds. The lowest BCUT2D eigenvalue weighted by Gasteiger charge is -2.25. The molecule has 0 saturated carbocycles. The molecule has 0 aromatic rings. The van der Waals surface area contributed by atoms with Crippen LogP contribution in [-0.4, -0.2) is 36.2 Å². The predicted molar refractivity (Wildman–Crippen MR) is 78.8 cm³/mol. The summed E-state index contributed by atoms with van der Waals surface area (Å²) >= 11 is 0. The summed E-state index contributed by atoms with van der Waals surface area (Å²) in [7, 11) is 0. The van der Waals surface area contributed by atoms with Crippen LogP contribution < -0.4 is 0 Å². The van der Waals surface area contributed by atoms with E-state index in [0.29, 0.717) is 6.42 Å². The van der Waals surface area contributed by atoms with Crippen LogP contribution in [0.2, 0.25) is 0 Å². The van der Waals surface area contributed by atoms with E-state index in [1.54, 1.807) is 12.2 Å². The molecule has 6 nitrogen and oxygen atoms in total. The van der Waals surface area contributed by atoms with Crippen LogP contribution in [-0.2, 0) is 28.6 Å². The Bertz CT molecular complexity index is 465. The maximum absolute atomic E-state index is 11.3. The highest BCUT2D eigenvalue weighted by atomic mass is 16.6. The Balaban J connectivity index is 2.75. The summed E-state index contributed by atoms with van der Waals surface area (Å²) in [5, 5.41) is 0. The largest absolute Gasteiger partial charge is 0.458 e. The van der Waals surface area contributed by atoms with Crippen molar-refractivity contribution in [1.29, 1.82) is 0 Å². The van der Waals surface area contributed by atoms with E-state index in [2.05, 4.69) is 0 Å². The third-order valence-corrected chi connectivity index (χ3v) is 2.98. The molecule has 0 aromatic carbocycles. The average Bonchev–Trinajstić information content (AvgIpc) is 2.43. The third-order valence-electron chi connectivity index (χ3n) is 2.98. The first-order valence-corrected chi connectivity index (χ1v) is 7.34. The number of carbonyl (C=O) groups is 3. The van der Waals surface area contributed by atoms with Crippen molar-refractivity contribution in [3.05, 3.63) is 24.3 Å². The third kappa shape index (κ3) is 6.56. The lowest BCUT2D eigenvalue weighted by molar-refractivity contribution is -0.158. The lowest BCUT2D eigenvalue weighted by atomic mass is 10.1. The summed E-state index contributed by atoms with van der Waals surface area (Å²) in [6.45, 7) is 4.67. The van der Waals surface area contributed by atoms with Crippen molar-refractivity contribution in [3.63, 3.8) is 0 Å². The van der Waals surface area contributed by atoms with Crippen LogP contribution in [0.4, 0.5) is 0 Å². The monoisotopic (exact) mass is 310 g/mol. The number of hydrogen-bond acceptors (Lipinski definition) is 6. The van der Waals surface area contributed by atoms with Crippen LogP contribution in [0, 0.1) is 0 Å². The minimum absolute atomic E-state index is 0.372. The number of carbonyl (C=O) groups excluding carboxylic acids is 3. The molecule has 1 aliphatic heterocycles. The highest BCUT2D eigenvalue weighted by molar-refractivity contribution is 5.83. The predicted octanol–water partition coefficient (Wildman–Crippen LogP) is 2.08. The molecule has 0 aromatic heterocycles. The standard InChI is InChI=1S/C16H22O6/c1-4-5-6-13(20-11(2)17)7-8-15-14(21-12(3)18)9-10-16(19)22-15/h7-10,13-15H,4-6H2,1-3H3/b8-7-/t13-,14-,15-/m0/s1. The zero-order valence-corrected chi connectivity index (χ0v) is 13.1. The van der Waals surface area contributed by atoms with E-state index in [0.717, 1.165) is 12.8 Å². The van der Waals surface area contributed by atoms with Gasteiger partial charge in [-0.2, -0.15) is 0 Å². The number of esters is 3. The molecule has 0 spiro atoms. The van der Waals surface area contributed by atoms with Crippen LogP contribution in [0.3, 0.4) is 0 Å². The van der Waals surface area contributed by atoms with E-state index in [1.165, 1.54) is 26.0 Å². The molecule has 1 heterocycles. The van der Waals surface area contributed by atoms with Crippen molar-refractivity contribution in [3.8, 4) is 0 Å². The van der Waals surface area contributed by atoms with Gasteiger partial charge >= 0.3 is 17.9 Å². The lowest BCUT2D eigenvalue weighted by Crippen LogP contribution is -2.35. The minimum Gasteiger partial charge on any atom is -0.458 e. The van der Waals surface area contributed by atoms with Crippen molar-refractivity contribution in [2.45, 2.75) is 58.3 Å². The summed E-state index contributed by atoms with van der Waals surface area (Å²) in [5.74, 6) is -1.34. The molecule has 1 aliphatic rings. The first kappa shape index (κ1) is 17.9. The van der Waals surface area contributed by atoms with Gasteiger partial charge in [0.1, 0.15) is 6.10 Å². The number of ether oxygens (including phenoxy) is 3. The summed E-state index contributed by atoms with van der Waals surface area (Å²) in [6.07, 6.45) is 6.75. The Labute approximate surface area is 130 Å². The Morgan fingerprint density at radius 2 is 2.09 bits per heavy atom. The van der Waals surface area contributed by atoms with Crippen LogP contribution in [0.5, 0.6) is 0 Å². The Morgan fingerprint density at radius 1 is 1.36 bits per heavy atom. The molecule has 0 saturated heterocycles. The second kappa shape index (κ2) is 9.02. The molecular formula is C16H22O6. The van der Waals surface area contributed by atoms with E-state index < -0.39 is 24.1 Å². The highest BCUT2D eigenvalue weighted by Gasteiger charge is 2.27. The van der Waals surface area contributed by atoms with E-state index in [-0.39, 0.29) is 12.1 Å². The van der Waals surface area contributed by atoms with Gasteiger partial charge in [0.05, 0.1) is 0 Å². The molecule has 1 rings (SSSR count). The van der Waals surface area contributed by atoms with E-state index in [9.17, 15) is 14.4 Å². The SMILES string of the molecule is CCCC[C@@H](/C=C\[C@@H]1OC(=O)C=C[C@@H]1OC(C)=O)OC(C)=O. The Kier molecular flexibility index (Phi) is 7.36. The van der Waals surface area contributed by atoms with E-state index >= 15 is 0 Å². The molecule has 0 N–H and O–H groups in total. The van der Waals surface area contributed by atoms with Crippen molar-refractivity contribution in [2.75, 3.05) is 0 Å². The Morgan fingerprint density at radius 3 is 2.68 bits per heavy atom. The van der Waals surface area contributed by atoms with Gasteiger partial charge in [0, 0.05) is 19.9 Å². The van der Waals surface area contributed by atoms with Crippen LogP contribution in [0.1, 0.15) is 40.0 Å². The minimum atomic E-state index is -0.721. The average molecular weight is 310 g/mol. The normalized spacial score (nSPS) is 22.2. The molecule has 0 radical (unpaired) electrons. The fraction of sp³-hybridized carbons (Fsp3) is 0.562. The van der Waals surface area contributed by atoms with Crippen LogP contribution in [0.15, 0.2) is 24.3 Å². The Hall–Kier alpha value is -2.11. The van der Waals surface area contributed by atoms with Crippen molar-refractivity contribution in [2.24, 2.45) is 0 Å². The van der Waals surface area contributed by atoms with Crippen molar-refractivity contribution < 1.29 is 28.6 Å². The summed E-state index contributed by atoms with van der Waals surface area (Å²) < 4.78 is 15.4. The molecule has 0 aliphatic carbocycles. The van der Waals surface area contributed by atoms with Crippen molar-refractivity contribution >= 4 is 17.9 Å². The molecule has 6 heteroatoms. The van der Waals surface area contributed by atoms with Gasteiger partial charge in [0.15, 0.2) is 12.2 Å². The topological polar surface area (TPSA) is 78.9 Å². The summed E-state index contributed by atoms with van der Waals surface area (Å²) in [6, 6.07) is 0. The first-order chi connectivity index (χ1) is 10.4. The van der Waals surface area contributed by atoms with Gasteiger partial charge in [-0.15, -0.1) is 0 Å². The molecule has 0 fully saturated rings. The van der Waals surface area contributed by atoms with Crippen LogP contribution >= 0.6 is 0 Å². The molecule has 0 bridgehead atoms. The highest BCUT2D eigenvalue weighted by Crippen LogP contribution is 2.16. The van der Waals surface area contributed by atoms with Gasteiger partial charge in [0.25, 0.3) is 0 Å². The number of cyclic esters (lactones) is 1. The van der Waals surface area contributed by atoms with E-state index in [1.807, 2.05) is 6.92 Å². The van der Waals surface area contributed by atoms with Gasteiger partial charge in [-0.05, 0) is 31.1 Å². The maximum atomic E-state index is 11.3. The number of rotatable bonds is 7. The molecule has 3 atom stereocenters. The van der Waals surface area contributed by atoms with E-state index in [4.69, 9.17) is 14.2 Å². The quantitative estimate of drug-likeness (QED) is 0.407. The molecule has 22 heavy (non-hydrogen) atoms. The summed E-state index contributed by atoms with van der Waals surface area (Å²) in [5.41, 5.74) is 0. The van der Waals surface area contributed by atoms with Gasteiger partial charge in [-0.25, -0.2) is 4.79 Å². The fourth-order valence-corrected chi connectivity index (χ4v) is 2.02. The second-order valence-electron chi connectivity index (χ2n) is 5.01. The number of unbranched alkanes of at least 4 members (excludes halogenated alkanes) is 1. The number of hydrogen-bond donors (Lipinski definition) is 0. The van der Waals surface area contributed by atoms with Gasteiger partial charge in [-0.1, -0.05) is 13.3 Å². The zero-order chi connectivity index (χ0) is 16.5. The molecule has 0 unspecified atom stereocenters. The smallest absolute Gasteiger partial charge is 0.331 e. The summed E-state index contributed by atoms with van der Waals surface area (Å²) in [4.78, 5) is 33.5. The maximum Gasteiger partial charge on any atom is 0.331 e. The fourth-order valence-electron chi connectivity index (χ4n) is 2.02. The van der Waals surface area contributed by atoms with Gasteiger partial charge in [0.2, 0.25) is 0 Å². The molecular weight excluding hydrogens is 288 g/mol. The molecule has 122 valence electrons. The first-order valence-electron chi connectivity index (χ1n) is 7.34. The zero-order valence-electron chi connectivity index (χ0n) is 13.1. The van der Waals surface area contributed by atoms with Crippen LogP contribution in [0.25, 0.3) is 0 Å².